The standard InChI is InChI=1S/C19H22N2O3S/c1-15(16-6-3-2-4-7-16)14-20-25(23,24)18-11-9-17(10-12-18)21-13-5-8-19(21)22/h2-4,6-7,9-12,15,20H,5,8,13-14H2,1H3. The van der Waals surface area contributed by atoms with Gasteiger partial charge in [0.1, 0.15) is 0 Å². The number of carbonyl (C=O) groups excluding carboxylic acids is 1. The highest BCUT2D eigenvalue weighted by atomic mass is 32.2. The van der Waals surface area contributed by atoms with Crippen LogP contribution in [0, 0.1) is 0 Å². The third-order valence-electron chi connectivity index (χ3n) is 4.48. The largest absolute Gasteiger partial charge is 0.312 e. The first kappa shape index (κ1) is 17.6. The lowest BCUT2D eigenvalue weighted by Gasteiger charge is -2.16. The SMILES string of the molecule is CC(CNS(=O)(=O)c1ccc(N2CCCC2=O)cc1)c1ccccc1. The molecule has 0 aromatic heterocycles. The van der Waals surface area contributed by atoms with Gasteiger partial charge in [-0.25, -0.2) is 13.1 Å². The lowest BCUT2D eigenvalue weighted by Crippen LogP contribution is -2.28. The fourth-order valence-electron chi connectivity index (χ4n) is 2.94. The van der Waals surface area contributed by atoms with Crippen molar-refractivity contribution in [2.24, 2.45) is 0 Å². The van der Waals surface area contributed by atoms with Gasteiger partial charge in [0.25, 0.3) is 0 Å². The number of amides is 1. The Morgan fingerprint density at radius 3 is 2.36 bits per heavy atom. The summed E-state index contributed by atoms with van der Waals surface area (Å²) in [5.41, 5.74) is 1.84. The minimum absolute atomic E-state index is 0.0810. The second-order valence-corrected chi connectivity index (χ2v) is 8.07. The first-order chi connectivity index (χ1) is 12.0. The number of nitrogens with one attached hydrogen (secondary N) is 1. The van der Waals surface area contributed by atoms with Gasteiger partial charge in [0.2, 0.25) is 15.9 Å². The molecule has 3 rings (SSSR count). The quantitative estimate of drug-likeness (QED) is 0.863. The third kappa shape index (κ3) is 4.08. The molecule has 132 valence electrons. The van der Waals surface area contributed by atoms with Gasteiger partial charge >= 0.3 is 0 Å². The molecule has 0 aliphatic carbocycles. The van der Waals surface area contributed by atoms with Gasteiger partial charge in [0.15, 0.2) is 0 Å². The molecular weight excluding hydrogens is 336 g/mol. The Balaban J connectivity index is 1.66. The zero-order valence-electron chi connectivity index (χ0n) is 14.2. The van der Waals surface area contributed by atoms with Crippen molar-refractivity contribution in [1.29, 1.82) is 0 Å². The summed E-state index contributed by atoms with van der Waals surface area (Å²) >= 11 is 0. The van der Waals surface area contributed by atoms with E-state index in [0.717, 1.165) is 17.7 Å². The van der Waals surface area contributed by atoms with Gasteiger partial charge in [0.05, 0.1) is 4.90 Å². The molecule has 1 unspecified atom stereocenters. The second kappa shape index (κ2) is 7.37. The van der Waals surface area contributed by atoms with Crippen molar-refractivity contribution in [3.8, 4) is 0 Å². The Morgan fingerprint density at radius 1 is 1.08 bits per heavy atom. The molecule has 1 aliphatic rings. The highest BCUT2D eigenvalue weighted by molar-refractivity contribution is 7.89. The van der Waals surface area contributed by atoms with Crippen LogP contribution < -0.4 is 9.62 Å². The van der Waals surface area contributed by atoms with Crippen LogP contribution in [0.2, 0.25) is 0 Å². The zero-order valence-corrected chi connectivity index (χ0v) is 15.0. The van der Waals surface area contributed by atoms with Gasteiger partial charge < -0.3 is 4.90 Å². The van der Waals surface area contributed by atoms with Gasteiger partial charge in [-0.2, -0.15) is 0 Å². The van der Waals surface area contributed by atoms with Crippen molar-refractivity contribution >= 4 is 21.6 Å². The summed E-state index contributed by atoms with van der Waals surface area (Å²) in [6, 6.07) is 16.3. The zero-order chi connectivity index (χ0) is 17.9. The van der Waals surface area contributed by atoms with E-state index in [1.807, 2.05) is 37.3 Å². The summed E-state index contributed by atoms with van der Waals surface area (Å²) in [6.07, 6.45) is 1.40. The molecule has 1 aliphatic heterocycles. The van der Waals surface area contributed by atoms with Crippen LogP contribution in [0.4, 0.5) is 5.69 Å². The van der Waals surface area contributed by atoms with Crippen LogP contribution in [-0.4, -0.2) is 27.4 Å². The number of benzene rings is 2. The Hall–Kier alpha value is -2.18. The van der Waals surface area contributed by atoms with Crippen LogP contribution in [0.25, 0.3) is 0 Å². The number of sulfonamides is 1. The molecule has 0 saturated carbocycles. The molecule has 0 radical (unpaired) electrons. The highest BCUT2D eigenvalue weighted by Gasteiger charge is 2.22. The van der Waals surface area contributed by atoms with E-state index in [1.54, 1.807) is 29.2 Å². The van der Waals surface area contributed by atoms with E-state index in [4.69, 9.17) is 0 Å². The van der Waals surface area contributed by atoms with Crippen molar-refractivity contribution in [2.75, 3.05) is 18.0 Å². The molecule has 1 N–H and O–H groups in total. The molecular formula is C19H22N2O3S. The van der Waals surface area contributed by atoms with Crippen molar-refractivity contribution in [3.63, 3.8) is 0 Å². The van der Waals surface area contributed by atoms with Gasteiger partial charge in [0, 0.05) is 25.2 Å². The molecule has 1 atom stereocenters. The number of anilines is 1. The Labute approximate surface area is 148 Å². The first-order valence-electron chi connectivity index (χ1n) is 8.42. The van der Waals surface area contributed by atoms with Crippen LogP contribution in [0.5, 0.6) is 0 Å². The molecule has 1 amide bonds. The van der Waals surface area contributed by atoms with E-state index >= 15 is 0 Å². The van der Waals surface area contributed by atoms with Crippen LogP contribution in [0.1, 0.15) is 31.2 Å². The van der Waals surface area contributed by atoms with E-state index in [9.17, 15) is 13.2 Å². The molecule has 25 heavy (non-hydrogen) atoms. The van der Waals surface area contributed by atoms with E-state index in [1.165, 1.54) is 0 Å². The molecule has 6 heteroatoms. The number of nitrogens with zero attached hydrogens (tertiary/aromatic N) is 1. The van der Waals surface area contributed by atoms with E-state index in [0.29, 0.717) is 19.5 Å². The van der Waals surface area contributed by atoms with Crippen LogP contribution >= 0.6 is 0 Å². The molecule has 5 nitrogen and oxygen atoms in total. The molecule has 0 spiro atoms. The lowest BCUT2D eigenvalue weighted by atomic mass is 10.0. The molecule has 0 bridgehead atoms. The highest BCUT2D eigenvalue weighted by Crippen LogP contribution is 2.23. The Bertz CT molecular complexity index is 833. The summed E-state index contributed by atoms with van der Waals surface area (Å²) < 4.78 is 27.6. The third-order valence-corrected chi connectivity index (χ3v) is 5.92. The molecule has 2 aromatic rings. The van der Waals surface area contributed by atoms with Gasteiger partial charge in [-0.05, 0) is 42.2 Å². The monoisotopic (exact) mass is 358 g/mol. The number of carbonyl (C=O) groups is 1. The molecule has 2 aromatic carbocycles. The fraction of sp³-hybridized carbons (Fsp3) is 0.316. The van der Waals surface area contributed by atoms with Crippen molar-refractivity contribution in [3.05, 3.63) is 60.2 Å². The minimum atomic E-state index is -3.57. The second-order valence-electron chi connectivity index (χ2n) is 6.31. The van der Waals surface area contributed by atoms with Crippen LogP contribution in [0.15, 0.2) is 59.5 Å². The number of hydrogen-bond donors (Lipinski definition) is 1. The summed E-state index contributed by atoms with van der Waals surface area (Å²) in [7, 11) is -3.57. The van der Waals surface area contributed by atoms with E-state index in [-0.39, 0.29) is 16.7 Å². The van der Waals surface area contributed by atoms with Crippen molar-refractivity contribution in [2.45, 2.75) is 30.6 Å². The predicted octanol–water partition coefficient (Wildman–Crippen LogP) is 2.90. The van der Waals surface area contributed by atoms with Gasteiger partial charge in [-0.1, -0.05) is 37.3 Å². The first-order valence-corrected chi connectivity index (χ1v) is 9.91. The summed E-state index contributed by atoms with van der Waals surface area (Å²) in [6.45, 7) is 3.01. The maximum Gasteiger partial charge on any atom is 0.240 e. The van der Waals surface area contributed by atoms with Crippen LogP contribution in [0.3, 0.4) is 0 Å². The smallest absolute Gasteiger partial charge is 0.240 e. The Morgan fingerprint density at radius 2 is 1.76 bits per heavy atom. The van der Waals surface area contributed by atoms with Crippen molar-refractivity contribution in [1.82, 2.24) is 4.72 Å². The van der Waals surface area contributed by atoms with Crippen LogP contribution in [-0.2, 0) is 14.8 Å². The summed E-state index contributed by atoms with van der Waals surface area (Å²) in [5.74, 6) is 0.169. The van der Waals surface area contributed by atoms with E-state index < -0.39 is 10.0 Å². The molecule has 1 fully saturated rings. The summed E-state index contributed by atoms with van der Waals surface area (Å²) in [5, 5.41) is 0. The van der Waals surface area contributed by atoms with Gasteiger partial charge in [-0.15, -0.1) is 0 Å². The average molecular weight is 358 g/mol. The maximum atomic E-state index is 12.5. The minimum Gasteiger partial charge on any atom is -0.312 e. The fourth-order valence-corrected chi connectivity index (χ4v) is 4.07. The van der Waals surface area contributed by atoms with Crippen molar-refractivity contribution < 1.29 is 13.2 Å². The summed E-state index contributed by atoms with van der Waals surface area (Å²) in [4.78, 5) is 13.7. The number of hydrogen-bond acceptors (Lipinski definition) is 3. The van der Waals surface area contributed by atoms with E-state index in [2.05, 4.69) is 4.72 Å². The normalized spacial score (nSPS) is 16.2. The molecule has 1 saturated heterocycles. The van der Waals surface area contributed by atoms with Gasteiger partial charge in [-0.3, -0.25) is 4.79 Å². The lowest BCUT2D eigenvalue weighted by molar-refractivity contribution is -0.117. The average Bonchev–Trinajstić information content (AvgIpc) is 3.06. The topological polar surface area (TPSA) is 66.5 Å². The Kier molecular flexibility index (Phi) is 5.20. The maximum absolute atomic E-state index is 12.5. The predicted molar refractivity (Wildman–Crippen MR) is 98.1 cm³/mol. The molecule has 1 heterocycles. The number of rotatable bonds is 6.